The van der Waals surface area contributed by atoms with Crippen molar-refractivity contribution >= 4 is 0 Å². The summed E-state index contributed by atoms with van der Waals surface area (Å²) in [5.41, 5.74) is 5.29. The normalized spacial score (nSPS) is 16.9. The van der Waals surface area contributed by atoms with Gasteiger partial charge in [0.25, 0.3) is 0 Å². The average molecular weight is 162 g/mol. The zero-order valence-corrected chi connectivity index (χ0v) is 7.20. The van der Waals surface area contributed by atoms with E-state index < -0.39 is 12.5 Å². The lowest BCUT2D eigenvalue weighted by Gasteiger charge is -2.27. The first kappa shape index (κ1) is 10.8. The lowest BCUT2D eigenvalue weighted by molar-refractivity contribution is -0.0838. The molecular weight excluding hydrogens is 144 g/mol. The molecule has 4 nitrogen and oxygen atoms in total. The third kappa shape index (κ3) is 4.31. The molecule has 0 radical (unpaired) electrons. The largest absolute Gasteiger partial charge is 0.379 e. The second-order valence-corrected chi connectivity index (χ2v) is 2.64. The maximum absolute atomic E-state index is 9.13. The fraction of sp³-hybridized carbons (Fsp3) is 1.00. The molecule has 0 bridgehead atoms. The van der Waals surface area contributed by atoms with Gasteiger partial charge in [0.1, 0.15) is 12.5 Å². The molecule has 0 aliphatic heterocycles. The van der Waals surface area contributed by atoms with E-state index in [4.69, 9.17) is 15.9 Å². The molecule has 0 aliphatic carbocycles. The smallest absolute Gasteiger partial charge is 0.106 e. The van der Waals surface area contributed by atoms with E-state index in [-0.39, 0.29) is 0 Å². The van der Waals surface area contributed by atoms with Crippen molar-refractivity contribution in [1.82, 2.24) is 4.90 Å². The molecule has 11 heavy (non-hydrogen) atoms. The number of aliphatic hydroxyl groups excluding tert-OH is 2. The molecule has 0 amide bonds. The van der Waals surface area contributed by atoms with Crippen LogP contribution in [-0.4, -0.2) is 40.7 Å². The third-order valence-corrected chi connectivity index (χ3v) is 1.58. The van der Waals surface area contributed by atoms with Crippen LogP contribution in [0.2, 0.25) is 0 Å². The summed E-state index contributed by atoms with van der Waals surface area (Å²) in [7, 11) is 0. The van der Waals surface area contributed by atoms with Crippen LogP contribution < -0.4 is 5.73 Å². The topological polar surface area (TPSA) is 69.7 Å². The standard InChI is InChI=1S/C7H18N2O2/c1-6(10)9(7(2)11)5-3-4-8/h6-7,10-11H,3-5,8H2,1-2H3/t6-,7-/m0/s1. The van der Waals surface area contributed by atoms with E-state index >= 15 is 0 Å². The second kappa shape index (κ2) is 5.49. The van der Waals surface area contributed by atoms with Gasteiger partial charge in [0.15, 0.2) is 0 Å². The van der Waals surface area contributed by atoms with E-state index in [1.165, 1.54) is 0 Å². The number of rotatable bonds is 5. The maximum Gasteiger partial charge on any atom is 0.106 e. The Balaban J connectivity index is 3.70. The molecule has 0 spiro atoms. The summed E-state index contributed by atoms with van der Waals surface area (Å²) >= 11 is 0. The van der Waals surface area contributed by atoms with E-state index in [0.717, 1.165) is 6.42 Å². The van der Waals surface area contributed by atoms with Crippen molar-refractivity contribution in [2.24, 2.45) is 5.73 Å². The van der Waals surface area contributed by atoms with Gasteiger partial charge >= 0.3 is 0 Å². The van der Waals surface area contributed by atoms with E-state index in [9.17, 15) is 0 Å². The van der Waals surface area contributed by atoms with Gasteiger partial charge in [-0.2, -0.15) is 0 Å². The van der Waals surface area contributed by atoms with Gasteiger partial charge in [0.2, 0.25) is 0 Å². The highest BCUT2D eigenvalue weighted by molar-refractivity contribution is 4.58. The quantitative estimate of drug-likeness (QED) is 0.468. The summed E-state index contributed by atoms with van der Waals surface area (Å²) in [6.45, 7) is 4.47. The van der Waals surface area contributed by atoms with Gasteiger partial charge in [-0.3, -0.25) is 4.90 Å². The number of nitrogens with two attached hydrogens (primary N) is 1. The molecule has 2 atom stereocenters. The monoisotopic (exact) mass is 162 g/mol. The highest BCUT2D eigenvalue weighted by Crippen LogP contribution is 2.01. The third-order valence-electron chi connectivity index (χ3n) is 1.58. The average Bonchev–Trinajstić information content (AvgIpc) is 1.87. The fourth-order valence-corrected chi connectivity index (χ4v) is 0.960. The van der Waals surface area contributed by atoms with Crippen molar-refractivity contribution in [2.75, 3.05) is 13.1 Å². The summed E-state index contributed by atoms with van der Waals surface area (Å²) in [4.78, 5) is 1.58. The van der Waals surface area contributed by atoms with Crippen LogP contribution in [0.1, 0.15) is 20.3 Å². The van der Waals surface area contributed by atoms with Crippen molar-refractivity contribution in [3.8, 4) is 0 Å². The van der Waals surface area contributed by atoms with E-state index in [1.54, 1.807) is 18.7 Å². The lowest BCUT2D eigenvalue weighted by atomic mass is 10.3. The van der Waals surface area contributed by atoms with Crippen molar-refractivity contribution in [3.05, 3.63) is 0 Å². The van der Waals surface area contributed by atoms with Gasteiger partial charge < -0.3 is 15.9 Å². The van der Waals surface area contributed by atoms with Crippen LogP contribution in [0.15, 0.2) is 0 Å². The molecular formula is C7H18N2O2. The number of hydrogen-bond acceptors (Lipinski definition) is 4. The van der Waals surface area contributed by atoms with Crippen LogP contribution in [0.25, 0.3) is 0 Å². The molecule has 0 unspecified atom stereocenters. The number of hydrogen-bond donors (Lipinski definition) is 3. The predicted octanol–water partition coefficient (Wildman–Crippen LogP) is -0.686. The van der Waals surface area contributed by atoms with Crippen molar-refractivity contribution in [3.63, 3.8) is 0 Å². The first-order valence-electron chi connectivity index (χ1n) is 3.91. The van der Waals surface area contributed by atoms with Crippen LogP contribution in [-0.2, 0) is 0 Å². The highest BCUT2D eigenvalue weighted by Gasteiger charge is 2.14. The van der Waals surface area contributed by atoms with Crippen LogP contribution in [0.4, 0.5) is 0 Å². The van der Waals surface area contributed by atoms with Crippen LogP contribution in [0, 0.1) is 0 Å². The minimum atomic E-state index is -0.610. The predicted molar refractivity (Wildman–Crippen MR) is 43.7 cm³/mol. The number of aliphatic hydroxyl groups is 2. The molecule has 0 rings (SSSR count). The molecule has 0 aromatic rings. The lowest BCUT2D eigenvalue weighted by Crippen LogP contribution is -2.41. The molecule has 4 N–H and O–H groups in total. The minimum Gasteiger partial charge on any atom is -0.379 e. The SMILES string of the molecule is C[C@H](O)N(CCCN)[C@H](C)O. The van der Waals surface area contributed by atoms with Crippen molar-refractivity contribution < 1.29 is 10.2 Å². The summed E-state index contributed by atoms with van der Waals surface area (Å²) in [6.07, 6.45) is -0.432. The van der Waals surface area contributed by atoms with Gasteiger partial charge in [0.05, 0.1) is 0 Å². The van der Waals surface area contributed by atoms with Gasteiger partial charge in [-0.1, -0.05) is 0 Å². The zero-order valence-electron chi connectivity index (χ0n) is 7.20. The molecule has 0 aliphatic rings. The Morgan fingerprint density at radius 1 is 1.27 bits per heavy atom. The van der Waals surface area contributed by atoms with Gasteiger partial charge in [-0.05, 0) is 26.8 Å². The van der Waals surface area contributed by atoms with Crippen molar-refractivity contribution in [1.29, 1.82) is 0 Å². The second-order valence-electron chi connectivity index (χ2n) is 2.64. The van der Waals surface area contributed by atoms with E-state index in [1.807, 2.05) is 0 Å². The Morgan fingerprint density at radius 3 is 2.00 bits per heavy atom. The maximum atomic E-state index is 9.13. The molecule has 0 saturated carbocycles. The van der Waals surface area contributed by atoms with E-state index in [2.05, 4.69) is 0 Å². The molecule has 0 fully saturated rings. The molecule has 0 heterocycles. The highest BCUT2D eigenvalue weighted by atomic mass is 16.3. The number of nitrogens with zero attached hydrogens (tertiary/aromatic N) is 1. The van der Waals surface area contributed by atoms with E-state index in [0.29, 0.717) is 13.1 Å². The summed E-state index contributed by atoms with van der Waals surface area (Å²) < 4.78 is 0. The van der Waals surface area contributed by atoms with Crippen LogP contribution in [0.5, 0.6) is 0 Å². The molecule has 4 heteroatoms. The molecule has 68 valence electrons. The zero-order chi connectivity index (χ0) is 8.85. The van der Waals surface area contributed by atoms with Gasteiger partial charge in [-0.15, -0.1) is 0 Å². The first-order chi connectivity index (χ1) is 5.09. The first-order valence-corrected chi connectivity index (χ1v) is 3.91. The fourth-order valence-electron chi connectivity index (χ4n) is 0.960. The Morgan fingerprint density at radius 2 is 1.73 bits per heavy atom. The summed E-state index contributed by atoms with van der Waals surface area (Å²) in [6, 6.07) is 0. The van der Waals surface area contributed by atoms with Crippen LogP contribution in [0.3, 0.4) is 0 Å². The molecule has 0 aromatic heterocycles. The minimum absolute atomic E-state index is 0.579. The molecule has 0 aromatic carbocycles. The molecule has 0 saturated heterocycles. The van der Waals surface area contributed by atoms with Gasteiger partial charge in [-0.25, -0.2) is 0 Å². The van der Waals surface area contributed by atoms with Gasteiger partial charge in [0, 0.05) is 6.54 Å². The van der Waals surface area contributed by atoms with Crippen LogP contribution >= 0.6 is 0 Å². The summed E-state index contributed by atoms with van der Waals surface area (Å²) in [5, 5.41) is 18.3. The Kier molecular flexibility index (Phi) is 5.41. The Labute approximate surface area is 67.6 Å². The van der Waals surface area contributed by atoms with Crippen molar-refractivity contribution in [2.45, 2.75) is 32.7 Å². The Bertz CT molecular complexity index is 88.4. The summed E-state index contributed by atoms with van der Waals surface area (Å²) in [5.74, 6) is 0. The Hall–Kier alpha value is -0.160.